The Kier molecular flexibility index (Phi) is 68.0. The minimum Gasteiger partial charge on any atom is -0.466 e. The van der Waals surface area contributed by atoms with Gasteiger partial charge in [0, 0.05) is 12.8 Å². The third-order valence-corrected chi connectivity index (χ3v) is 19.6. The number of hydrogen-bond acceptors (Lipinski definition) is 10. The van der Waals surface area contributed by atoms with Crippen LogP contribution in [0, 0.1) is 0 Å². The maximum absolute atomic E-state index is 13.0. The Labute approximate surface area is 574 Å². The minimum absolute atomic E-state index is 0.0228. The summed E-state index contributed by atoms with van der Waals surface area (Å²) in [6.07, 6.45) is 83.9. The molecule has 11 nitrogen and oxygen atoms in total. The molecule has 0 radical (unpaired) electrons. The zero-order valence-electron chi connectivity index (χ0n) is 61.2. The van der Waals surface area contributed by atoms with Gasteiger partial charge in [0.25, 0.3) is 0 Å². The molecule has 1 heterocycles. The molecule has 1 aliphatic rings. The van der Waals surface area contributed by atoms with Gasteiger partial charge in [-0.2, -0.15) is 0 Å². The van der Waals surface area contributed by atoms with E-state index >= 15 is 0 Å². The number of aliphatic hydroxyl groups excluding tert-OH is 5. The first-order valence-electron chi connectivity index (χ1n) is 40.7. The molecular weight excluding hydrogens is 1160 g/mol. The SMILES string of the molecule is C/C=C/CC/C=C/CC/C=C/C(O)C(COC1OC(CO)C(O)C(O)C1O)NC(=O)CCCCCCCCCCCCCCCCCCCCCCCCCCCCCCCCCCCCCCCCCOC(=O)CCCCCCCCCCCCCCCCCCC. The van der Waals surface area contributed by atoms with E-state index in [0.29, 0.717) is 19.4 Å². The molecule has 548 valence electrons. The van der Waals surface area contributed by atoms with Crippen molar-refractivity contribution in [1.29, 1.82) is 0 Å². The fraction of sp³-hybridized carbons (Fsp3) is 0.902. The second kappa shape index (κ2) is 71.2. The van der Waals surface area contributed by atoms with E-state index < -0.39 is 49.5 Å². The van der Waals surface area contributed by atoms with Crippen molar-refractivity contribution in [2.75, 3.05) is 19.8 Å². The molecule has 1 fully saturated rings. The second-order valence-electron chi connectivity index (χ2n) is 28.5. The molecule has 7 unspecified atom stereocenters. The number of esters is 1. The lowest BCUT2D eigenvalue weighted by atomic mass is 9.99. The third-order valence-electron chi connectivity index (χ3n) is 19.6. The van der Waals surface area contributed by atoms with Gasteiger partial charge in [-0.1, -0.05) is 384 Å². The lowest BCUT2D eigenvalue weighted by Crippen LogP contribution is -2.60. The summed E-state index contributed by atoms with van der Waals surface area (Å²) >= 11 is 0. The van der Waals surface area contributed by atoms with Crippen LogP contribution in [0.25, 0.3) is 0 Å². The first-order chi connectivity index (χ1) is 45.7. The normalized spacial score (nSPS) is 17.6. The zero-order valence-corrected chi connectivity index (χ0v) is 61.2. The van der Waals surface area contributed by atoms with Crippen LogP contribution in [0.3, 0.4) is 0 Å². The first-order valence-corrected chi connectivity index (χ1v) is 40.7. The Balaban J connectivity index is 1.82. The van der Waals surface area contributed by atoms with Gasteiger partial charge in [-0.15, -0.1) is 0 Å². The van der Waals surface area contributed by atoms with Crippen molar-refractivity contribution in [3.8, 4) is 0 Å². The van der Waals surface area contributed by atoms with Crippen molar-refractivity contribution in [3.05, 3.63) is 36.5 Å². The van der Waals surface area contributed by atoms with Crippen LogP contribution >= 0.6 is 0 Å². The van der Waals surface area contributed by atoms with Gasteiger partial charge in [0.1, 0.15) is 24.4 Å². The highest BCUT2D eigenvalue weighted by Crippen LogP contribution is 2.24. The summed E-state index contributed by atoms with van der Waals surface area (Å²) in [7, 11) is 0. The molecule has 0 aromatic heterocycles. The van der Waals surface area contributed by atoms with E-state index in [0.717, 1.165) is 57.8 Å². The molecule has 0 saturated carbocycles. The number of ether oxygens (including phenoxy) is 3. The number of unbranched alkanes of at least 4 members (excludes halogenated alkanes) is 56. The summed E-state index contributed by atoms with van der Waals surface area (Å²) < 4.78 is 16.7. The van der Waals surface area contributed by atoms with Crippen molar-refractivity contribution >= 4 is 11.9 Å². The number of rotatable bonds is 73. The zero-order chi connectivity index (χ0) is 67.2. The molecule has 7 atom stereocenters. The van der Waals surface area contributed by atoms with Crippen molar-refractivity contribution < 1.29 is 49.3 Å². The number of aliphatic hydroxyl groups is 5. The minimum atomic E-state index is -1.58. The Morgan fingerprint density at radius 3 is 1.06 bits per heavy atom. The van der Waals surface area contributed by atoms with Crippen LogP contribution in [0.1, 0.15) is 412 Å². The smallest absolute Gasteiger partial charge is 0.305 e. The Morgan fingerprint density at radius 2 is 0.720 bits per heavy atom. The van der Waals surface area contributed by atoms with Crippen LogP contribution in [0.4, 0.5) is 0 Å². The largest absolute Gasteiger partial charge is 0.466 e. The van der Waals surface area contributed by atoms with Gasteiger partial charge in [0.2, 0.25) is 5.91 Å². The van der Waals surface area contributed by atoms with Crippen LogP contribution in [-0.2, 0) is 23.8 Å². The van der Waals surface area contributed by atoms with Crippen LogP contribution in [0.2, 0.25) is 0 Å². The van der Waals surface area contributed by atoms with Gasteiger partial charge >= 0.3 is 5.97 Å². The summed E-state index contributed by atoms with van der Waals surface area (Å²) in [6, 6.07) is -0.829. The van der Waals surface area contributed by atoms with E-state index in [2.05, 4.69) is 30.5 Å². The molecule has 11 heteroatoms. The summed E-state index contributed by atoms with van der Waals surface area (Å²) in [5.74, 6) is -0.169. The maximum Gasteiger partial charge on any atom is 0.305 e. The first kappa shape index (κ1) is 88.9. The van der Waals surface area contributed by atoms with E-state index in [9.17, 15) is 35.1 Å². The van der Waals surface area contributed by atoms with Gasteiger partial charge in [-0.05, 0) is 51.9 Å². The summed E-state index contributed by atoms with van der Waals surface area (Å²) in [5, 5.41) is 54.3. The lowest BCUT2D eigenvalue weighted by Gasteiger charge is -2.40. The van der Waals surface area contributed by atoms with Gasteiger partial charge in [-0.25, -0.2) is 0 Å². The molecule has 0 aromatic carbocycles. The topological polar surface area (TPSA) is 175 Å². The van der Waals surface area contributed by atoms with Crippen molar-refractivity contribution in [1.82, 2.24) is 5.32 Å². The monoisotopic (exact) mass is 1310 g/mol. The molecule has 0 aliphatic carbocycles. The van der Waals surface area contributed by atoms with Crippen molar-refractivity contribution in [2.24, 2.45) is 0 Å². The Hall–Kier alpha value is -2.12. The summed E-state index contributed by atoms with van der Waals surface area (Å²) in [4.78, 5) is 25.1. The molecule has 93 heavy (non-hydrogen) atoms. The third kappa shape index (κ3) is 59.6. The number of hydrogen-bond donors (Lipinski definition) is 6. The predicted molar refractivity (Wildman–Crippen MR) is 394 cm³/mol. The van der Waals surface area contributed by atoms with Crippen LogP contribution in [-0.4, -0.2) is 100 Å². The molecule has 1 saturated heterocycles. The van der Waals surface area contributed by atoms with E-state index in [1.807, 2.05) is 19.1 Å². The molecule has 6 N–H and O–H groups in total. The highest BCUT2D eigenvalue weighted by atomic mass is 16.7. The maximum atomic E-state index is 13.0. The fourth-order valence-electron chi connectivity index (χ4n) is 13.2. The number of allylic oxidation sites excluding steroid dienone is 5. The summed E-state index contributed by atoms with van der Waals surface area (Å²) in [6.45, 7) is 4.15. The molecule has 0 spiro atoms. The van der Waals surface area contributed by atoms with Crippen LogP contribution in [0.5, 0.6) is 0 Å². The number of carbonyl (C=O) groups is 2. The van der Waals surface area contributed by atoms with E-state index in [1.54, 1.807) is 6.08 Å². The van der Waals surface area contributed by atoms with Crippen molar-refractivity contribution in [2.45, 2.75) is 455 Å². The highest BCUT2D eigenvalue weighted by Gasteiger charge is 2.44. The Morgan fingerprint density at radius 1 is 0.409 bits per heavy atom. The second-order valence-corrected chi connectivity index (χ2v) is 28.5. The van der Waals surface area contributed by atoms with Crippen LogP contribution < -0.4 is 5.32 Å². The molecular formula is C82H155NO10. The Bertz CT molecular complexity index is 1640. The number of amides is 1. The lowest BCUT2D eigenvalue weighted by molar-refractivity contribution is -0.302. The van der Waals surface area contributed by atoms with E-state index in [-0.39, 0.29) is 18.5 Å². The number of carbonyl (C=O) groups excluding carboxylic acids is 2. The fourth-order valence-corrected chi connectivity index (χ4v) is 13.2. The molecule has 0 aromatic rings. The average Bonchev–Trinajstić information content (AvgIpc) is 1.06. The number of nitrogens with one attached hydrogen (secondary N) is 1. The predicted octanol–water partition coefficient (Wildman–Crippen LogP) is 22.1. The average molecular weight is 1320 g/mol. The van der Waals surface area contributed by atoms with Gasteiger partial charge in [0.05, 0.1) is 32.0 Å². The van der Waals surface area contributed by atoms with E-state index in [4.69, 9.17) is 14.2 Å². The standard InChI is InChI=1S/C82H155NO10/c1-3-5-7-9-11-13-14-15-16-40-44-47-50-54-58-62-66-70-78(87)91-71-67-63-59-55-51-48-45-42-39-37-35-33-31-29-27-25-23-21-19-17-18-20-22-24-26-28-30-32-34-36-38-41-43-46-49-53-57-61-65-69-77(86)83-74(75(85)68-64-60-56-52-12-10-8-6-4-2)73-92-82-81(90)80(89)79(88)76(72-84)93-82/h4,6,12,52,64,68,74-76,79-82,84-85,88-90H,3,5,7-11,13-51,53-63,65-67,69-73H2,1-2H3,(H,83,86)/b6-4+,52-12+,68-64+. The van der Waals surface area contributed by atoms with Gasteiger partial charge < -0.3 is 45.1 Å². The highest BCUT2D eigenvalue weighted by molar-refractivity contribution is 5.76. The van der Waals surface area contributed by atoms with Crippen LogP contribution in [0.15, 0.2) is 36.5 Å². The molecule has 1 amide bonds. The van der Waals surface area contributed by atoms with Crippen molar-refractivity contribution in [3.63, 3.8) is 0 Å². The van der Waals surface area contributed by atoms with Gasteiger partial charge in [0.15, 0.2) is 6.29 Å². The van der Waals surface area contributed by atoms with Gasteiger partial charge in [-0.3, -0.25) is 9.59 Å². The molecule has 0 bridgehead atoms. The quantitative estimate of drug-likeness (QED) is 0.0195. The molecule has 1 rings (SSSR count). The summed E-state index contributed by atoms with van der Waals surface area (Å²) in [5.41, 5.74) is 0. The molecule has 1 aliphatic heterocycles. The van der Waals surface area contributed by atoms with E-state index in [1.165, 1.54) is 327 Å².